The van der Waals surface area contributed by atoms with Crippen molar-refractivity contribution in [1.29, 1.82) is 0 Å². The third-order valence-corrected chi connectivity index (χ3v) is 3.80. The number of ketones is 1. The smallest absolute Gasteiger partial charge is 0.262 e. The number of carbonyl (C=O) groups is 4. The Kier molecular flexibility index (Phi) is 4.40. The molecule has 1 heterocycles. The topological polar surface area (TPSA) is 83.6 Å². The number of nitrogens with one attached hydrogen (secondary N) is 1. The summed E-state index contributed by atoms with van der Waals surface area (Å²) in [5.74, 6) is -1.64. The summed E-state index contributed by atoms with van der Waals surface area (Å²) in [5, 5.41) is 2.54. The van der Waals surface area contributed by atoms with Crippen molar-refractivity contribution in [3.05, 3.63) is 35.4 Å². The number of nitrogens with zero attached hydrogens (tertiary/aromatic N) is 1. The predicted octanol–water partition coefficient (Wildman–Crippen LogP) is 1.15. The van der Waals surface area contributed by atoms with E-state index in [4.69, 9.17) is 0 Å². The number of rotatable bonds is 5. The lowest BCUT2D eigenvalue weighted by Crippen LogP contribution is -2.52. The second-order valence-electron chi connectivity index (χ2n) is 5.29. The van der Waals surface area contributed by atoms with E-state index in [2.05, 4.69) is 5.32 Å². The molecule has 0 aromatic heterocycles. The second-order valence-corrected chi connectivity index (χ2v) is 5.29. The quantitative estimate of drug-likeness (QED) is 0.827. The zero-order valence-corrected chi connectivity index (χ0v) is 12.8. The summed E-state index contributed by atoms with van der Waals surface area (Å²) in [7, 11) is 0. The van der Waals surface area contributed by atoms with Crippen LogP contribution in [0.4, 0.5) is 0 Å². The first-order chi connectivity index (χ1) is 10.4. The van der Waals surface area contributed by atoms with Gasteiger partial charge in [0.2, 0.25) is 5.91 Å². The molecule has 6 heteroatoms. The minimum atomic E-state index is -0.922. The van der Waals surface area contributed by atoms with Crippen LogP contribution in [0.3, 0.4) is 0 Å². The summed E-state index contributed by atoms with van der Waals surface area (Å²) in [6.45, 7) is 4.65. The molecular weight excluding hydrogens is 284 g/mol. The van der Waals surface area contributed by atoms with Gasteiger partial charge in [-0.25, -0.2) is 0 Å². The average Bonchev–Trinajstić information content (AvgIpc) is 2.73. The van der Waals surface area contributed by atoms with Crippen LogP contribution in [0.2, 0.25) is 0 Å². The molecule has 0 saturated heterocycles. The van der Waals surface area contributed by atoms with Gasteiger partial charge in [0.05, 0.1) is 17.2 Å². The predicted molar refractivity (Wildman–Crippen MR) is 79.3 cm³/mol. The lowest BCUT2D eigenvalue weighted by molar-refractivity contribution is -0.129. The van der Waals surface area contributed by atoms with Crippen molar-refractivity contribution in [2.24, 2.45) is 0 Å². The van der Waals surface area contributed by atoms with Crippen LogP contribution in [0.1, 0.15) is 47.9 Å². The number of hydrogen-bond acceptors (Lipinski definition) is 4. The number of amides is 3. The summed E-state index contributed by atoms with van der Waals surface area (Å²) >= 11 is 0. The SMILES string of the molecule is CC[C@H](C(=O)N[C@@H](C)C(C)=O)N1C(=O)c2ccccc2C1=O. The molecule has 0 bridgehead atoms. The first-order valence-electron chi connectivity index (χ1n) is 7.16. The van der Waals surface area contributed by atoms with Crippen LogP contribution in [-0.4, -0.2) is 40.5 Å². The number of benzene rings is 1. The van der Waals surface area contributed by atoms with Gasteiger partial charge in [0.1, 0.15) is 6.04 Å². The molecule has 0 aliphatic carbocycles. The maximum Gasteiger partial charge on any atom is 0.262 e. The lowest BCUT2D eigenvalue weighted by atomic mass is 10.1. The molecule has 1 aromatic carbocycles. The Hall–Kier alpha value is -2.50. The maximum atomic E-state index is 12.4. The molecule has 3 amide bonds. The van der Waals surface area contributed by atoms with E-state index < -0.39 is 29.8 Å². The van der Waals surface area contributed by atoms with E-state index in [1.165, 1.54) is 6.92 Å². The van der Waals surface area contributed by atoms with Crippen LogP contribution in [0.15, 0.2) is 24.3 Å². The Labute approximate surface area is 128 Å². The summed E-state index contributed by atoms with van der Waals surface area (Å²) in [4.78, 5) is 49.3. The molecule has 1 N–H and O–H groups in total. The van der Waals surface area contributed by atoms with Gasteiger partial charge in [-0.05, 0) is 32.4 Å². The molecule has 1 aliphatic heterocycles. The average molecular weight is 302 g/mol. The van der Waals surface area contributed by atoms with Crippen LogP contribution in [-0.2, 0) is 9.59 Å². The van der Waals surface area contributed by atoms with Gasteiger partial charge in [0.25, 0.3) is 11.8 Å². The molecule has 1 aliphatic rings. The highest BCUT2D eigenvalue weighted by molar-refractivity contribution is 6.22. The molecule has 0 radical (unpaired) electrons. The molecule has 22 heavy (non-hydrogen) atoms. The Bertz CT molecular complexity index is 618. The molecule has 6 nitrogen and oxygen atoms in total. The van der Waals surface area contributed by atoms with Crippen LogP contribution in [0.5, 0.6) is 0 Å². The highest BCUT2D eigenvalue weighted by atomic mass is 16.2. The fourth-order valence-corrected chi connectivity index (χ4v) is 2.39. The van der Waals surface area contributed by atoms with E-state index >= 15 is 0 Å². The standard InChI is InChI=1S/C16H18N2O4/c1-4-13(14(20)17-9(2)10(3)19)18-15(21)11-7-5-6-8-12(11)16(18)22/h5-9,13H,4H2,1-3H3,(H,17,20)/t9-,13+/m0/s1. The first kappa shape index (κ1) is 15.9. The normalized spacial score (nSPS) is 16.2. The molecule has 0 spiro atoms. The third-order valence-electron chi connectivity index (χ3n) is 3.80. The lowest BCUT2D eigenvalue weighted by Gasteiger charge is -2.25. The summed E-state index contributed by atoms with van der Waals surface area (Å²) in [6.07, 6.45) is 0.280. The highest BCUT2D eigenvalue weighted by Crippen LogP contribution is 2.25. The van der Waals surface area contributed by atoms with Crippen LogP contribution >= 0.6 is 0 Å². The van der Waals surface area contributed by atoms with Crippen molar-refractivity contribution in [2.75, 3.05) is 0 Å². The zero-order valence-electron chi connectivity index (χ0n) is 12.8. The number of carbonyl (C=O) groups excluding carboxylic acids is 4. The summed E-state index contributed by atoms with van der Waals surface area (Å²) in [5.41, 5.74) is 0.608. The highest BCUT2D eigenvalue weighted by Gasteiger charge is 2.42. The first-order valence-corrected chi connectivity index (χ1v) is 7.16. The number of Topliss-reactive ketones (excluding diaryl/α,β-unsaturated/α-hetero) is 1. The van der Waals surface area contributed by atoms with Gasteiger partial charge in [-0.15, -0.1) is 0 Å². The maximum absolute atomic E-state index is 12.4. The molecule has 1 aromatic rings. The third kappa shape index (κ3) is 2.64. The van der Waals surface area contributed by atoms with E-state index in [0.717, 1.165) is 4.90 Å². The molecular formula is C16H18N2O4. The van der Waals surface area contributed by atoms with Crippen molar-refractivity contribution in [1.82, 2.24) is 10.2 Å². The van der Waals surface area contributed by atoms with Crippen molar-refractivity contribution in [3.63, 3.8) is 0 Å². The zero-order chi connectivity index (χ0) is 16.4. The minimum Gasteiger partial charge on any atom is -0.345 e. The van der Waals surface area contributed by atoms with Crippen molar-refractivity contribution < 1.29 is 19.2 Å². The molecule has 0 fully saturated rings. The van der Waals surface area contributed by atoms with Gasteiger partial charge in [-0.1, -0.05) is 19.1 Å². The van der Waals surface area contributed by atoms with Crippen molar-refractivity contribution >= 4 is 23.5 Å². The summed E-state index contributed by atoms with van der Waals surface area (Å²) < 4.78 is 0. The van der Waals surface area contributed by atoms with E-state index in [9.17, 15) is 19.2 Å². The van der Waals surface area contributed by atoms with Gasteiger partial charge >= 0.3 is 0 Å². The minimum absolute atomic E-state index is 0.189. The van der Waals surface area contributed by atoms with Crippen molar-refractivity contribution in [3.8, 4) is 0 Å². The van der Waals surface area contributed by atoms with Gasteiger partial charge in [0.15, 0.2) is 5.78 Å². The van der Waals surface area contributed by atoms with Crippen LogP contribution in [0, 0.1) is 0 Å². The Morgan fingerprint density at radius 3 is 2.05 bits per heavy atom. The van der Waals surface area contributed by atoms with E-state index in [0.29, 0.717) is 11.1 Å². The van der Waals surface area contributed by atoms with Gasteiger partial charge in [-0.2, -0.15) is 0 Å². The number of fused-ring (bicyclic) bond motifs is 1. The van der Waals surface area contributed by atoms with Gasteiger partial charge in [-0.3, -0.25) is 24.1 Å². The van der Waals surface area contributed by atoms with Crippen molar-refractivity contribution in [2.45, 2.75) is 39.3 Å². The van der Waals surface area contributed by atoms with Crippen LogP contribution < -0.4 is 5.32 Å². The molecule has 116 valence electrons. The number of imide groups is 1. The molecule has 0 unspecified atom stereocenters. The largest absolute Gasteiger partial charge is 0.345 e. The van der Waals surface area contributed by atoms with Crippen LogP contribution in [0.25, 0.3) is 0 Å². The fourth-order valence-electron chi connectivity index (χ4n) is 2.39. The van der Waals surface area contributed by atoms with E-state index in [-0.39, 0.29) is 12.2 Å². The Balaban J connectivity index is 2.26. The molecule has 0 saturated carbocycles. The molecule has 2 rings (SSSR count). The Morgan fingerprint density at radius 2 is 1.64 bits per heavy atom. The monoisotopic (exact) mass is 302 g/mol. The second kappa shape index (κ2) is 6.09. The molecule has 2 atom stereocenters. The fraction of sp³-hybridized carbons (Fsp3) is 0.375. The van der Waals surface area contributed by atoms with Gasteiger partial charge < -0.3 is 5.32 Å². The number of hydrogen-bond donors (Lipinski definition) is 1. The summed E-state index contributed by atoms with van der Waals surface area (Å²) in [6, 6.07) is 4.90. The van der Waals surface area contributed by atoms with Gasteiger partial charge in [0, 0.05) is 0 Å². The van der Waals surface area contributed by atoms with E-state index in [1.54, 1.807) is 38.1 Å². The Morgan fingerprint density at radius 1 is 1.14 bits per heavy atom. The van der Waals surface area contributed by atoms with E-state index in [1.807, 2.05) is 0 Å².